The van der Waals surface area contributed by atoms with Gasteiger partial charge in [0.15, 0.2) is 0 Å². The molecule has 0 fully saturated rings. The zero-order chi connectivity index (χ0) is 19.7. The molecule has 0 amide bonds. The second-order valence-corrected chi connectivity index (χ2v) is 4.82. The van der Waals surface area contributed by atoms with Crippen LogP contribution < -0.4 is 0 Å². The number of Topliss-reactive ketones (excluding diaryl/α,β-unsaturated/α-hetero) is 6. The Kier molecular flexibility index (Phi) is 25.2. The van der Waals surface area contributed by atoms with Gasteiger partial charge in [-0.1, -0.05) is 20.8 Å². The number of hydrogen-bond donors (Lipinski definition) is 0. The monoisotopic (exact) mass is 442 g/mol. The summed E-state index contributed by atoms with van der Waals surface area (Å²) in [6, 6.07) is 0. The van der Waals surface area contributed by atoms with Gasteiger partial charge in [0.25, 0.3) is 0 Å². The molecule has 0 N–H and O–H groups in total. The Balaban J connectivity index is -0.000000130. The van der Waals surface area contributed by atoms with Crippen LogP contribution in [0.2, 0.25) is 0 Å². The van der Waals surface area contributed by atoms with Gasteiger partial charge in [-0.3, -0.25) is 14.4 Å². The number of carbonyl (C=O) groups excluding carboxylic acids is 6. The molecule has 0 atom stereocenters. The number of hydrogen-bond acceptors (Lipinski definition) is 6. The third-order valence-corrected chi connectivity index (χ3v) is 2.37. The van der Waals surface area contributed by atoms with Crippen molar-refractivity contribution in [1.29, 1.82) is 0 Å². The van der Waals surface area contributed by atoms with Crippen molar-refractivity contribution in [3.63, 3.8) is 0 Å². The van der Waals surface area contributed by atoms with Gasteiger partial charge >= 0.3 is 19.5 Å². The van der Waals surface area contributed by atoms with E-state index in [9.17, 15) is 28.8 Å². The van der Waals surface area contributed by atoms with E-state index in [-0.39, 0.29) is 73.4 Å². The van der Waals surface area contributed by atoms with Gasteiger partial charge in [0.1, 0.15) is 17.3 Å². The van der Waals surface area contributed by atoms with Crippen LogP contribution in [0.25, 0.3) is 0 Å². The molecule has 0 aromatic carbocycles. The molecule has 0 radical (unpaired) electrons. The van der Waals surface area contributed by atoms with Crippen molar-refractivity contribution in [2.75, 3.05) is 0 Å². The summed E-state index contributed by atoms with van der Waals surface area (Å²) in [5.74, 6) is -0.995. The van der Waals surface area contributed by atoms with Gasteiger partial charge in [0, 0.05) is 55.9 Å². The standard InChI is InChI=1S/3C6H9O2.Rh/c3*1-3-6(8)4-5(2)7;/h3*2-4H2,1H3;/q3*-1;+3. The summed E-state index contributed by atoms with van der Waals surface area (Å²) in [6.45, 7) is 14.4. The fraction of sp³-hybridized carbons (Fsp3) is 0.500. The van der Waals surface area contributed by atoms with Crippen LogP contribution in [0.1, 0.15) is 59.3 Å². The Hall–Kier alpha value is -1.75. The van der Waals surface area contributed by atoms with Crippen LogP contribution in [0.3, 0.4) is 0 Å². The van der Waals surface area contributed by atoms with Crippen LogP contribution in [0.5, 0.6) is 0 Å². The molecule has 0 aromatic rings. The molecule has 0 saturated heterocycles. The molecule has 0 spiro atoms. The number of rotatable bonds is 9. The van der Waals surface area contributed by atoms with Gasteiger partial charge in [-0.05, 0) is 0 Å². The third kappa shape index (κ3) is 34.6. The van der Waals surface area contributed by atoms with Crippen LogP contribution in [-0.4, -0.2) is 34.7 Å². The molecule has 6 nitrogen and oxygen atoms in total. The van der Waals surface area contributed by atoms with Gasteiger partial charge in [0.05, 0.1) is 0 Å². The van der Waals surface area contributed by atoms with Crippen LogP contribution in [-0.2, 0) is 48.2 Å². The van der Waals surface area contributed by atoms with Crippen molar-refractivity contribution < 1.29 is 48.2 Å². The van der Waals surface area contributed by atoms with E-state index in [1.165, 1.54) is 0 Å². The zero-order valence-corrected chi connectivity index (χ0v) is 16.8. The molecule has 7 heteroatoms. The van der Waals surface area contributed by atoms with Crippen molar-refractivity contribution in [2.45, 2.75) is 59.3 Å². The van der Waals surface area contributed by atoms with E-state index in [2.05, 4.69) is 20.8 Å². The minimum absolute atomic E-state index is 0. The van der Waals surface area contributed by atoms with Crippen molar-refractivity contribution in [2.24, 2.45) is 0 Å². The minimum Gasteiger partial charge on any atom is -0.339 e. The molecule has 0 aliphatic heterocycles. The number of ketones is 6. The Labute approximate surface area is 163 Å². The fourth-order valence-electron chi connectivity index (χ4n) is 1.03. The summed E-state index contributed by atoms with van der Waals surface area (Å²) >= 11 is 0. The molecule has 0 aliphatic rings. The second-order valence-electron chi connectivity index (χ2n) is 4.82. The van der Waals surface area contributed by atoms with Crippen LogP contribution >= 0.6 is 0 Å². The zero-order valence-electron chi connectivity index (χ0n) is 15.1. The summed E-state index contributed by atoms with van der Waals surface area (Å²) in [7, 11) is 0. The molecule has 25 heavy (non-hydrogen) atoms. The normalized spacial score (nSPS) is 8.28. The van der Waals surface area contributed by atoms with Crippen LogP contribution in [0.15, 0.2) is 0 Å². The first kappa shape index (κ1) is 31.1. The van der Waals surface area contributed by atoms with Gasteiger partial charge < -0.3 is 35.2 Å². The Morgan fingerprint density at radius 3 is 0.720 bits per heavy atom. The molecule has 0 unspecified atom stereocenters. The molecule has 0 aromatic heterocycles. The predicted molar refractivity (Wildman–Crippen MR) is 90.8 cm³/mol. The molecule has 0 heterocycles. The quantitative estimate of drug-likeness (QED) is 0.308. The first-order chi connectivity index (χ1) is 11.0. The first-order valence-electron chi connectivity index (χ1n) is 7.59. The topological polar surface area (TPSA) is 102 Å². The number of carbonyl (C=O) groups is 6. The van der Waals surface area contributed by atoms with Gasteiger partial charge in [-0.2, -0.15) is 0 Å². The maximum absolute atomic E-state index is 10.4. The largest absolute Gasteiger partial charge is 3.00 e. The van der Waals surface area contributed by atoms with E-state index >= 15 is 0 Å². The molecular formula is C18H27O6Rh. The Morgan fingerprint density at radius 2 is 0.680 bits per heavy atom. The third-order valence-electron chi connectivity index (χ3n) is 2.37. The summed E-state index contributed by atoms with van der Waals surface area (Å²) in [5, 5.41) is 0. The van der Waals surface area contributed by atoms with E-state index in [0.717, 1.165) is 0 Å². The molecule has 144 valence electrons. The van der Waals surface area contributed by atoms with Crippen LogP contribution in [0, 0.1) is 20.8 Å². The second kappa shape index (κ2) is 20.3. The maximum Gasteiger partial charge on any atom is 3.00 e. The molecular weight excluding hydrogens is 415 g/mol. The summed E-state index contributed by atoms with van der Waals surface area (Å²) in [5.41, 5.74) is 0. The summed E-state index contributed by atoms with van der Waals surface area (Å²) in [6.07, 6.45) is 1.28. The minimum atomic E-state index is -0.295. The summed E-state index contributed by atoms with van der Waals surface area (Å²) < 4.78 is 0. The molecule has 0 rings (SSSR count). The SMILES string of the molecule is [CH2-]C(=O)CC(=O)CC.[CH2-]C(=O)CC(=O)CC.[CH2-]C(=O)CC(=O)CC.[Rh+3]. The van der Waals surface area contributed by atoms with Crippen molar-refractivity contribution in [3.8, 4) is 0 Å². The van der Waals surface area contributed by atoms with E-state index in [4.69, 9.17) is 0 Å². The van der Waals surface area contributed by atoms with Gasteiger partial charge in [-0.15, -0.1) is 0 Å². The summed E-state index contributed by atoms with van der Waals surface area (Å²) in [4.78, 5) is 61.3. The smallest absolute Gasteiger partial charge is 0.339 e. The first-order valence-corrected chi connectivity index (χ1v) is 7.59. The van der Waals surface area contributed by atoms with Crippen molar-refractivity contribution in [1.82, 2.24) is 0 Å². The van der Waals surface area contributed by atoms with Crippen LogP contribution in [0.4, 0.5) is 0 Å². The van der Waals surface area contributed by atoms with E-state index in [0.29, 0.717) is 19.3 Å². The van der Waals surface area contributed by atoms with E-state index < -0.39 is 0 Å². The van der Waals surface area contributed by atoms with E-state index in [1.54, 1.807) is 20.8 Å². The molecule has 0 bridgehead atoms. The Morgan fingerprint density at radius 1 is 0.520 bits per heavy atom. The van der Waals surface area contributed by atoms with Gasteiger partial charge in [0.2, 0.25) is 0 Å². The molecule has 0 aliphatic carbocycles. The maximum atomic E-state index is 10.4. The fourth-order valence-corrected chi connectivity index (χ4v) is 1.03. The van der Waals surface area contributed by atoms with Crippen molar-refractivity contribution >= 4 is 34.7 Å². The van der Waals surface area contributed by atoms with Crippen molar-refractivity contribution in [3.05, 3.63) is 20.8 Å². The molecule has 0 saturated carbocycles. The average molecular weight is 442 g/mol. The predicted octanol–water partition coefficient (Wildman–Crippen LogP) is 2.27. The van der Waals surface area contributed by atoms with E-state index in [1.807, 2.05) is 0 Å². The Bertz CT molecular complexity index is 388. The average Bonchev–Trinajstić information content (AvgIpc) is 2.46. The van der Waals surface area contributed by atoms with Gasteiger partial charge in [-0.25, -0.2) is 0 Å².